The molecular formula is C25H34BrN3O5S. The Labute approximate surface area is 216 Å². The van der Waals surface area contributed by atoms with Gasteiger partial charge in [-0.15, -0.1) is 0 Å². The Bertz CT molecular complexity index is 1130. The topological polar surface area (TPSA) is 96.0 Å². The number of methoxy groups -OCH3 is 1. The van der Waals surface area contributed by atoms with Crippen molar-refractivity contribution in [3.8, 4) is 5.75 Å². The first kappa shape index (κ1) is 28.6. The highest BCUT2D eigenvalue weighted by Gasteiger charge is 2.32. The van der Waals surface area contributed by atoms with Crippen LogP contribution in [-0.4, -0.2) is 57.1 Å². The highest BCUT2D eigenvalue weighted by Crippen LogP contribution is 2.28. The molecule has 10 heteroatoms. The third kappa shape index (κ3) is 7.96. The van der Waals surface area contributed by atoms with Crippen LogP contribution in [0.5, 0.6) is 5.75 Å². The van der Waals surface area contributed by atoms with Crippen LogP contribution in [0.25, 0.3) is 0 Å². The number of anilines is 1. The minimum absolute atomic E-state index is 0.0573. The molecule has 0 radical (unpaired) electrons. The van der Waals surface area contributed by atoms with E-state index >= 15 is 0 Å². The van der Waals surface area contributed by atoms with Crippen LogP contribution in [0.15, 0.2) is 53.0 Å². The lowest BCUT2D eigenvalue weighted by Crippen LogP contribution is -2.53. The van der Waals surface area contributed by atoms with Gasteiger partial charge in [-0.2, -0.15) is 0 Å². The zero-order valence-corrected chi connectivity index (χ0v) is 23.2. The number of halogens is 1. The Hall–Kier alpha value is -2.59. The van der Waals surface area contributed by atoms with Crippen LogP contribution in [0.4, 0.5) is 5.69 Å². The average Bonchev–Trinajstić information content (AvgIpc) is 2.82. The Morgan fingerprint density at radius 1 is 1.09 bits per heavy atom. The van der Waals surface area contributed by atoms with Crippen molar-refractivity contribution in [3.05, 3.63) is 58.6 Å². The summed E-state index contributed by atoms with van der Waals surface area (Å²) in [6, 6.07) is 13.2. The molecule has 0 spiro atoms. The summed E-state index contributed by atoms with van der Waals surface area (Å²) in [5, 5.41) is 2.95. The summed E-state index contributed by atoms with van der Waals surface area (Å²) in [6.45, 7) is 5.37. The van der Waals surface area contributed by atoms with Crippen LogP contribution in [0.1, 0.15) is 39.2 Å². The number of nitrogens with zero attached hydrogens (tertiary/aromatic N) is 2. The van der Waals surface area contributed by atoms with Gasteiger partial charge in [-0.25, -0.2) is 8.42 Å². The molecule has 8 nitrogen and oxygen atoms in total. The molecule has 192 valence electrons. The van der Waals surface area contributed by atoms with E-state index in [1.165, 1.54) is 4.90 Å². The third-order valence-corrected chi connectivity index (χ3v) is 7.47. The first-order valence-corrected chi connectivity index (χ1v) is 14.1. The van der Waals surface area contributed by atoms with Crippen LogP contribution in [-0.2, 0) is 26.2 Å². The molecule has 2 unspecified atom stereocenters. The molecule has 1 N–H and O–H groups in total. The molecule has 2 rings (SSSR count). The van der Waals surface area contributed by atoms with Gasteiger partial charge in [0.1, 0.15) is 18.3 Å². The van der Waals surface area contributed by atoms with Gasteiger partial charge in [0.05, 0.1) is 19.1 Å². The van der Waals surface area contributed by atoms with Crippen molar-refractivity contribution >= 4 is 43.5 Å². The molecule has 0 aromatic heterocycles. The fourth-order valence-electron chi connectivity index (χ4n) is 3.58. The van der Waals surface area contributed by atoms with Gasteiger partial charge in [0.15, 0.2) is 0 Å². The standard InChI is InChI=1S/C25H34BrN3O5S/c1-6-18(3)27-25(31)22(7-2)28(16-19-11-10-12-20(15-19)34-4)24(30)17-29(35(5,32)33)23-14-9-8-13-21(23)26/h8-15,18,22H,6-7,16-17H2,1-5H3,(H,27,31). The Morgan fingerprint density at radius 3 is 2.34 bits per heavy atom. The molecule has 2 aromatic carbocycles. The summed E-state index contributed by atoms with van der Waals surface area (Å²) >= 11 is 3.38. The van der Waals surface area contributed by atoms with Crippen LogP contribution in [0, 0.1) is 0 Å². The van der Waals surface area contributed by atoms with Crippen LogP contribution in [0.3, 0.4) is 0 Å². The molecule has 0 heterocycles. The van der Waals surface area contributed by atoms with E-state index < -0.39 is 28.5 Å². The molecule has 2 atom stereocenters. The van der Waals surface area contributed by atoms with Gasteiger partial charge in [0, 0.05) is 17.1 Å². The fourth-order valence-corrected chi connectivity index (χ4v) is 5.05. The lowest BCUT2D eigenvalue weighted by atomic mass is 10.1. The van der Waals surface area contributed by atoms with Gasteiger partial charge >= 0.3 is 0 Å². The molecule has 0 fully saturated rings. The second-order valence-corrected chi connectivity index (χ2v) is 11.1. The molecular weight excluding hydrogens is 534 g/mol. The van der Waals surface area contributed by atoms with Crippen molar-refractivity contribution in [2.75, 3.05) is 24.2 Å². The van der Waals surface area contributed by atoms with Gasteiger partial charge in [-0.05, 0) is 65.5 Å². The van der Waals surface area contributed by atoms with Gasteiger partial charge in [0.2, 0.25) is 21.8 Å². The molecule has 0 aliphatic rings. The molecule has 2 amide bonds. The molecule has 0 bridgehead atoms. The van der Waals surface area contributed by atoms with Crippen LogP contribution in [0.2, 0.25) is 0 Å². The molecule has 35 heavy (non-hydrogen) atoms. The first-order chi connectivity index (χ1) is 16.5. The van der Waals surface area contributed by atoms with Crippen molar-refractivity contribution in [3.63, 3.8) is 0 Å². The molecule has 0 saturated carbocycles. The van der Waals surface area contributed by atoms with E-state index in [1.807, 2.05) is 26.8 Å². The summed E-state index contributed by atoms with van der Waals surface area (Å²) < 4.78 is 32.3. The van der Waals surface area contributed by atoms with Crippen molar-refractivity contribution in [1.29, 1.82) is 0 Å². The summed E-state index contributed by atoms with van der Waals surface area (Å²) in [6.07, 6.45) is 2.17. The summed E-state index contributed by atoms with van der Waals surface area (Å²) in [4.78, 5) is 28.3. The van der Waals surface area contributed by atoms with Crippen LogP contribution < -0.4 is 14.4 Å². The van der Waals surface area contributed by atoms with E-state index in [-0.39, 0.29) is 18.5 Å². The lowest BCUT2D eigenvalue weighted by Gasteiger charge is -2.33. The third-order valence-electron chi connectivity index (χ3n) is 5.67. The van der Waals surface area contributed by atoms with E-state index in [0.29, 0.717) is 22.3 Å². The smallest absolute Gasteiger partial charge is 0.244 e. The highest BCUT2D eigenvalue weighted by atomic mass is 79.9. The molecule has 0 aliphatic heterocycles. The van der Waals surface area contributed by atoms with Gasteiger partial charge in [0.25, 0.3) is 0 Å². The fraction of sp³-hybridized carbons (Fsp3) is 0.440. The van der Waals surface area contributed by atoms with E-state index in [4.69, 9.17) is 4.74 Å². The lowest BCUT2D eigenvalue weighted by molar-refractivity contribution is -0.140. The van der Waals surface area contributed by atoms with E-state index in [0.717, 1.165) is 22.5 Å². The predicted octanol–water partition coefficient (Wildman–Crippen LogP) is 3.95. The van der Waals surface area contributed by atoms with Crippen LogP contribution >= 0.6 is 15.9 Å². The summed E-state index contributed by atoms with van der Waals surface area (Å²) in [7, 11) is -2.24. The van der Waals surface area contributed by atoms with Crippen molar-refractivity contribution in [2.45, 2.75) is 52.2 Å². The van der Waals surface area contributed by atoms with Gasteiger partial charge in [-0.1, -0.05) is 38.1 Å². The number of nitrogens with one attached hydrogen (secondary N) is 1. The SMILES string of the molecule is CCC(C)NC(=O)C(CC)N(Cc1cccc(OC)c1)C(=O)CN(c1ccccc1Br)S(C)(=O)=O. The first-order valence-electron chi connectivity index (χ1n) is 11.5. The number of amides is 2. The number of carbonyl (C=O) groups excluding carboxylic acids is 2. The summed E-state index contributed by atoms with van der Waals surface area (Å²) in [5.41, 5.74) is 1.11. The van der Waals surface area contributed by atoms with Crippen molar-refractivity contribution in [1.82, 2.24) is 10.2 Å². The van der Waals surface area contributed by atoms with E-state index in [1.54, 1.807) is 49.6 Å². The van der Waals surface area contributed by atoms with E-state index in [2.05, 4.69) is 21.2 Å². The number of para-hydroxylation sites is 1. The van der Waals surface area contributed by atoms with Crippen molar-refractivity contribution < 1.29 is 22.7 Å². The number of hydrogen-bond acceptors (Lipinski definition) is 5. The Morgan fingerprint density at radius 2 is 1.77 bits per heavy atom. The second kappa shape index (κ2) is 12.9. The maximum atomic E-state index is 13.7. The van der Waals surface area contributed by atoms with Crippen molar-refractivity contribution in [2.24, 2.45) is 0 Å². The largest absolute Gasteiger partial charge is 0.497 e. The number of benzene rings is 2. The molecule has 0 aliphatic carbocycles. The van der Waals surface area contributed by atoms with E-state index in [9.17, 15) is 18.0 Å². The second-order valence-electron chi connectivity index (χ2n) is 8.34. The number of rotatable bonds is 12. The quantitative estimate of drug-likeness (QED) is 0.419. The zero-order valence-electron chi connectivity index (χ0n) is 20.8. The molecule has 2 aromatic rings. The minimum Gasteiger partial charge on any atom is -0.497 e. The normalized spacial score (nSPS) is 13.0. The van der Waals surface area contributed by atoms with Gasteiger partial charge < -0.3 is 15.0 Å². The summed E-state index contributed by atoms with van der Waals surface area (Å²) in [5.74, 6) is -0.136. The Kier molecular flexibility index (Phi) is 10.6. The number of sulfonamides is 1. The monoisotopic (exact) mass is 567 g/mol. The number of carbonyl (C=O) groups is 2. The maximum Gasteiger partial charge on any atom is 0.244 e. The average molecular weight is 569 g/mol. The minimum atomic E-state index is -3.79. The number of ether oxygens (including phenoxy) is 1. The Balaban J connectivity index is 2.47. The molecule has 0 saturated heterocycles. The zero-order chi connectivity index (χ0) is 26.2. The highest BCUT2D eigenvalue weighted by molar-refractivity contribution is 9.10. The number of hydrogen-bond donors (Lipinski definition) is 1. The van der Waals surface area contributed by atoms with Gasteiger partial charge in [-0.3, -0.25) is 13.9 Å². The maximum absolute atomic E-state index is 13.7. The predicted molar refractivity (Wildman–Crippen MR) is 142 cm³/mol.